The van der Waals surface area contributed by atoms with Gasteiger partial charge in [0.25, 0.3) is 0 Å². The second-order valence-electron chi connectivity index (χ2n) is 7.70. The number of allylic oxidation sites excluding steroid dienone is 1. The molecular formula is C24H24N2S2. The highest BCUT2D eigenvalue weighted by Gasteiger charge is 2.38. The van der Waals surface area contributed by atoms with Crippen LogP contribution in [0.2, 0.25) is 0 Å². The molecule has 5 rings (SSSR count). The molecule has 0 saturated carbocycles. The SMILES string of the molecule is Cc1ccc(C=C2CSCC3=C2N=C2SCCN2C3c2ccc(C)cc2)cc1. The second-order valence-corrected chi connectivity index (χ2v) is 9.74. The van der Waals surface area contributed by atoms with Crippen LogP contribution in [0.15, 0.2) is 70.4 Å². The molecule has 0 aromatic heterocycles. The van der Waals surface area contributed by atoms with Crippen LogP contribution >= 0.6 is 23.5 Å². The summed E-state index contributed by atoms with van der Waals surface area (Å²) < 4.78 is 0. The lowest BCUT2D eigenvalue weighted by Crippen LogP contribution is -2.36. The molecule has 1 saturated heterocycles. The van der Waals surface area contributed by atoms with E-state index in [2.05, 4.69) is 73.4 Å². The Morgan fingerprint density at radius 2 is 1.68 bits per heavy atom. The van der Waals surface area contributed by atoms with Crippen molar-refractivity contribution >= 4 is 34.8 Å². The zero-order chi connectivity index (χ0) is 19.1. The molecule has 0 spiro atoms. The minimum Gasteiger partial charge on any atom is -0.339 e. The smallest absolute Gasteiger partial charge is 0.165 e. The lowest BCUT2D eigenvalue weighted by atomic mass is 9.92. The van der Waals surface area contributed by atoms with Gasteiger partial charge in [-0.1, -0.05) is 71.4 Å². The molecule has 0 aliphatic carbocycles. The lowest BCUT2D eigenvalue weighted by Gasteiger charge is -2.38. The summed E-state index contributed by atoms with van der Waals surface area (Å²) in [6, 6.07) is 18.2. The van der Waals surface area contributed by atoms with Gasteiger partial charge < -0.3 is 4.90 Å². The first-order valence-electron chi connectivity index (χ1n) is 9.82. The van der Waals surface area contributed by atoms with Gasteiger partial charge in [-0.2, -0.15) is 11.8 Å². The van der Waals surface area contributed by atoms with Crippen LogP contribution in [-0.2, 0) is 0 Å². The molecule has 2 aromatic rings. The molecule has 1 fully saturated rings. The molecule has 2 aromatic carbocycles. The Hall–Kier alpha value is -1.91. The molecule has 0 amide bonds. The molecule has 28 heavy (non-hydrogen) atoms. The Morgan fingerprint density at radius 1 is 0.964 bits per heavy atom. The minimum atomic E-state index is 0.326. The van der Waals surface area contributed by atoms with Crippen molar-refractivity contribution in [3.05, 3.63) is 87.6 Å². The van der Waals surface area contributed by atoms with Gasteiger partial charge in [0.05, 0.1) is 11.7 Å². The van der Waals surface area contributed by atoms with Crippen molar-refractivity contribution in [2.45, 2.75) is 19.9 Å². The average molecular weight is 405 g/mol. The Bertz CT molecular complexity index is 984. The van der Waals surface area contributed by atoms with Crippen LogP contribution in [0, 0.1) is 13.8 Å². The topological polar surface area (TPSA) is 15.6 Å². The molecule has 4 heteroatoms. The Kier molecular flexibility index (Phi) is 4.85. The van der Waals surface area contributed by atoms with E-state index in [0.717, 1.165) is 23.8 Å². The van der Waals surface area contributed by atoms with Crippen molar-refractivity contribution in [3.63, 3.8) is 0 Å². The molecule has 3 heterocycles. The minimum absolute atomic E-state index is 0.326. The number of hydrogen-bond acceptors (Lipinski definition) is 4. The van der Waals surface area contributed by atoms with Gasteiger partial charge in [0.15, 0.2) is 5.17 Å². The van der Waals surface area contributed by atoms with E-state index < -0.39 is 0 Å². The highest BCUT2D eigenvalue weighted by atomic mass is 32.2. The zero-order valence-electron chi connectivity index (χ0n) is 16.3. The largest absolute Gasteiger partial charge is 0.339 e. The number of aryl methyl sites for hydroxylation is 2. The number of rotatable bonds is 2. The van der Waals surface area contributed by atoms with Gasteiger partial charge in [0.1, 0.15) is 0 Å². The van der Waals surface area contributed by atoms with Crippen molar-refractivity contribution in [2.24, 2.45) is 4.99 Å². The van der Waals surface area contributed by atoms with Crippen LogP contribution in [0.1, 0.15) is 28.3 Å². The summed E-state index contributed by atoms with van der Waals surface area (Å²) in [4.78, 5) is 7.68. The third-order valence-corrected chi connectivity index (χ3v) is 7.59. The van der Waals surface area contributed by atoms with Crippen LogP contribution < -0.4 is 0 Å². The summed E-state index contributed by atoms with van der Waals surface area (Å²) in [5.74, 6) is 3.23. The molecule has 1 unspecified atom stereocenters. The van der Waals surface area contributed by atoms with Crippen molar-refractivity contribution in [3.8, 4) is 0 Å². The molecule has 1 atom stereocenters. The van der Waals surface area contributed by atoms with Crippen molar-refractivity contribution in [1.29, 1.82) is 0 Å². The van der Waals surface area contributed by atoms with E-state index in [1.807, 2.05) is 23.5 Å². The Morgan fingerprint density at radius 3 is 2.43 bits per heavy atom. The van der Waals surface area contributed by atoms with E-state index in [0.29, 0.717) is 6.04 Å². The maximum atomic E-state index is 5.16. The maximum absolute atomic E-state index is 5.16. The van der Waals surface area contributed by atoms with Crippen LogP contribution in [0.4, 0.5) is 0 Å². The number of hydrogen-bond donors (Lipinski definition) is 0. The van der Waals surface area contributed by atoms with E-state index in [1.54, 1.807) is 0 Å². The molecule has 0 bridgehead atoms. The first-order chi connectivity index (χ1) is 13.7. The second kappa shape index (κ2) is 7.49. The van der Waals surface area contributed by atoms with Gasteiger partial charge >= 0.3 is 0 Å². The zero-order valence-corrected chi connectivity index (χ0v) is 17.9. The van der Waals surface area contributed by atoms with Crippen LogP contribution in [0.25, 0.3) is 6.08 Å². The fraction of sp³-hybridized carbons (Fsp3) is 0.292. The maximum Gasteiger partial charge on any atom is 0.165 e. The number of thioether (sulfide) groups is 2. The molecule has 142 valence electrons. The number of amidine groups is 1. The fourth-order valence-corrected chi connectivity index (χ4v) is 6.15. The highest BCUT2D eigenvalue weighted by Crippen LogP contribution is 2.45. The van der Waals surface area contributed by atoms with Gasteiger partial charge in [0, 0.05) is 23.8 Å². The van der Waals surface area contributed by atoms with E-state index in [-0.39, 0.29) is 0 Å². The quantitative estimate of drug-likeness (QED) is 0.625. The number of fused-ring (bicyclic) bond motifs is 1. The molecule has 0 radical (unpaired) electrons. The van der Waals surface area contributed by atoms with E-state index >= 15 is 0 Å². The first-order valence-corrected chi connectivity index (χ1v) is 12.0. The molecule has 3 aliphatic heterocycles. The van der Waals surface area contributed by atoms with Crippen molar-refractivity contribution < 1.29 is 0 Å². The van der Waals surface area contributed by atoms with Gasteiger partial charge in [-0.05, 0) is 42.2 Å². The Balaban J connectivity index is 1.61. The van der Waals surface area contributed by atoms with Gasteiger partial charge in [0.2, 0.25) is 0 Å². The van der Waals surface area contributed by atoms with Gasteiger partial charge in [-0.3, -0.25) is 0 Å². The molecule has 3 aliphatic rings. The first kappa shape index (κ1) is 18.1. The summed E-state index contributed by atoms with van der Waals surface area (Å²) in [5.41, 5.74) is 9.36. The average Bonchev–Trinajstić information content (AvgIpc) is 3.17. The summed E-state index contributed by atoms with van der Waals surface area (Å²) in [6.07, 6.45) is 2.34. The van der Waals surface area contributed by atoms with Crippen LogP contribution in [0.3, 0.4) is 0 Å². The molecular weight excluding hydrogens is 380 g/mol. The normalized spacial score (nSPS) is 22.9. The third kappa shape index (κ3) is 3.33. The fourth-order valence-electron chi connectivity index (χ4n) is 4.10. The van der Waals surface area contributed by atoms with Crippen molar-refractivity contribution in [1.82, 2.24) is 4.90 Å². The van der Waals surface area contributed by atoms with Crippen LogP contribution in [-0.4, -0.2) is 33.9 Å². The number of benzene rings is 2. The van der Waals surface area contributed by atoms with E-state index in [4.69, 9.17) is 4.99 Å². The van der Waals surface area contributed by atoms with E-state index in [9.17, 15) is 0 Å². The number of nitrogens with zero attached hydrogens (tertiary/aromatic N) is 2. The summed E-state index contributed by atoms with van der Waals surface area (Å²) >= 11 is 3.92. The predicted octanol–water partition coefficient (Wildman–Crippen LogP) is 5.85. The molecule has 2 nitrogen and oxygen atoms in total. The standard InChI is InChI=1S/C24H24N2S2/c1-16-3-7-18(8-4-16)13-20-14-27-15-21-22(20)25-24-26(11-12-28-24)23(21)19-9-5-17(2)6-10-19/h3-10,13,23H,11-12,14-15H2,1-2H3. The summed E-state index contributed by atoms with van der Waals surface area (Å²) in [5, 5.41) is 1.20. The lowest BCUT2D eigenvalue weighted by molar-refractivity contribution is 0.378. The third-order valence-electron chi connectivity index (χ3n) is 5.59. The summed E-state index contributed by atoms with van der Waals surface area (Å²) in [7, 11) is 0. The summed E-state index contributed by atoms with van der Waals surface area (Å²) in [6.45, 7) is 5.38. The van der Waals surface area contributed by atoms with Gasteiger partial charge in [-0.15, -0.1) is 0 Å². The predicted molar refractivity (Wildman–Crippen MR) is 124 cm³/mol. The molecule has 0 N–H and O–H groups in total. The van der Waals surface area contributed by atoms with E-state index in [1.165, 1.54) is 44.3 Å². The number of aliphatic imine (C=N–C) groups is 1. The van der Waals surface area contributed by atoms with Crippen LogP contribution in [0.5, 0.6) is 0 Å². The highest BCUT2D eigenvalue weighted by molar-refractivity contribution is 8.14. The Labute approximate surface area is 175 Å². The van der Waals surface area contributed by atoms with Crippen molar-refractivity contribution in [2.75, 3.05) is 23.8 Å². The van der Waals surface area contributed by atoms with Gasteiger partial charge in [-0.25, -0.2) is 4.99 Å². The monoisotopic (exact) mass is 404 g/mol.